The fraction of sp³-hybridized carbons (Fsp3) is 0.350. The highest BCUT2D eigenvalue weighted by molar-refractivity contribution is 7.87. The normalized spacial score (nSPS) is 14.6. The number of rotatable bonds is 7. The van der Waals surface area contributed by atoms with Crippen LogP contribution in [0.1, 0.15) is 13.8 Å². The Hall–Kier alpha value is -2.74. The average molecular weight is 404 g/mol. The molecule has 0 saturated carbocycles. The van der Waals surface area contributed by atoms with Gasteiger partial charge in [0.05, 0.1) is 7.11 Å². The molecule has 0 unspecified atom stereocenters. The number of nitrogens with zero attached hydrogens (tertiary/aromatic N) is 2. The smallest absolute Gasteiger partial charge is 0.339 e. The summed E-state index contributed by atoms with van der Waals surface area (Å²) in [4.78, 5) is 16.0. The van der Waals surface area contributed by atoms with E-state index in [1.54, 1.807) is 40.1 Å². The molecule has 8 heteroatoms. The molecule has 7 nitrogen and oxygen atoms in total. The van der Waals surface area contributed by atoms with E-state index in [0.29, 0.717) is 37.0 Å². The summed E-state index contributed by atoms with van der Waals surface area (Å²) in [6, 6.07) is 12.5. The first-order chi connectivity index (χ1) is 13.3. The Morgan fingerprint density at radius 1 is 1.04 bits per heavy atom. The molecule has 2 aromatic carbocycles. The quantitative estimate of drug-likeness (QED) is 0.662. The Labute approximate surface area is 165 Å². The predicted molar refractivity (Wildman–Crippen MR) is 106 cm³/mol. The summed E-state index contributed by atoms with van der Waals surface area (Å²) in [6.45, 7) is 6.08. The number of hydrogen-bond donors (Lipinski definition) is 0. The number of urea groups is 1. The highest BCUT2D eigenvalue weighted by Gasteiger charge is 2.30. The van der Waals surface area contributed by atoms with Crippen molar-refractivity contribution in [2.75, 3.05) is 31.6 Å². The molecule has 0 spiro atoms. The highest BCUT2D eigenvalue weighted by Crippen LogP contribution is 2.26. The van der Waals surface area contributed by atoms with Gasteiger partial charge in [0.2, 0.25) is 0 Å². The fourth-order valence-electron chi connectivity index (χ4n) is 3.05. The zero-order valence-electron chi connectivity index (χ0n) is 16.2. The van der Waals surface area contributed by atoms with Gasteiger partial charge in [0, 0.05) is 31.4 Å². The second kappa shape index (κ2) is 8.10. The molecule has 0 atom stereocenters. The molecular formula is C20H24N2O5S. The lowest BCUT2D eigenvalue weighted by Crippen LogP contribution is -2.34. The van der Waals surface area contributed by atoms with E-state index >= 15 is 0 Å². The molecular weight excluding hydrogens is 380 g/mol. The van der Waals surface area contributed by atoms with Crippen LogP contribution in [-0.4, -0.2) is 46.1 Å². The maximum atomic E-state index is 12.5. The molecule has 1 fully saturated rings. The van der Waals surface area contributed by atoms with Crippen molar-refractivity contribution in [2.45, 2.75) is 18.7 Å². The molecule has 1 aliphatic heterocycles. The van der Waals surface area contributed by atoms with Gasteiger partial charge in [-0.2, -0.15) is 8.42 Å². The van der Waals surface area contributed by atoms with E-state index in [1.165, 1.54) is 25.3 Å². The predicted octanol–water partition coefficient (Wildman–Crippen LogP) is 3.36. The van der Waals surface area contributed by atoms with Crippen molar-refractivity contribution in [1.29, 1.82) is 0 Å². The molecule has 0 N–H and O–H groups in total. The number of carbonyl (C=O) groups excluding carboxylic acids is 1. The number of carbonyl (C=O) groups is 1. The molecule has 3 rings (SSSR count). The van der Waals surface area contributed by atoms with Gasteiger partial charge in [-0.05, 0) is 42.3 Å². The van der Waals surface area contributed by atoms with Gasteiger partial charge in [0.1, 0.15) is 16.4 Å². The summed E-state index contributed by atoms with van der Waals surface area (Å²) < 4.78 is 35.3. The molecule has 2 aromatic rings. The SMILES string of the molecule is COc1cccc(OS(=O)(=O)c2ccc(N3CCN(CC(C)C)C3=O)cc2)c1. The lowest BCUT2D eigenvalue weighted by Gasteiger charge is -2.20. The minimum Gasteiger partial charge on any atom is -0.497 e. The number of methoxy groups -OCH3 is 1. The van der Waals surface area contributed by atoms with Crippen molar-refractivity contribution < 1.29 is 22.1 Å². The summed E-state index contributed by atoms with van der Waals surface area (Å²) in [7, 11) is -2.49. The monoisotopic (exact) mass is 404 g/mol. The zero-order valence-corrected chi connectivity index (χ0v) is 17.0. The van der Waals surface area contributed by atoms with Crippen LogP contribution in [0.2, 0.25) is 0 Å². The van der Waals surface area contributed by atoms with Crippen LogP contribution in [0.5, 0.6) is 11.5 Å². The van der Waals surface area contributed by atoms with Crippen LogP contribution in [0.4, 0.5) is 10.5 Å². The Morgan fingerprint density at radius 3 is 2.36 bits per heavy atom. The van der Waals surface area contributed by atoms with Crippen LogP contribution >= 0.6 is 0 Å². The van der Waals surface area contributed by atoms with Gasteiger partial charge in [-0.25, -0.2) is 4.79 Å². The van der Waals surface area contributed by atoms with Crippen LogP contribution in [0.25, 0.3) is 0 Å². The lowest BCUT2D eigenvalue weighted by atomic mass is 10.2. The molecule has 0 radical (unpaired) electrons. The summed E-state index contributed by atoms with van der Waals surface area (Å²) >= 11 is 0. The van der Waals surface area contributed by atoms with Crippen LogP contribution in [0.15, 0.2) is 53.4 Å². The topological polar surface area (TPSA) is 76.2 Å². The van der Waals surface area contributed by atoms with E-state index in [9.17, 15) is 13.2 Å². The number of anilines is 1. The fourth-order valence-corrected chi connectivity index (χ4v) is 3.98. The van der Waals surface area contributed by atoms with Gasteiger partial charge in [0.25, 0.3) is 0 Å². The van der Waals surface area contributed by atoms with Crippen LogP contribution in [-0.2, 0) is 10.1 Å². The van der Waals surface area contributed by atoms with Crippen molar-refractivity contribution >= 4 is 21.8 Å². The maximum Gasteiger partial charge on any atom is 0.339 e. The van der Waals surface area contributed by atoms with E-state index in [4.69, 9.17) is 8.92 Å². The second-order valence-electron chi connectivity index (χ2n) is 6.98. The Kier molecular flexibility index (Phi) is 5.79. The average Bonchev–Trinajstić information content (AvgIpc) is 3.01. The second-order valence-corrected chi connectivity index (χ2v) is 8.53. The van der Waals surface area contributed by atoms with Crippen molar-refractivity contribution in [3.8, 4) is 11.5 Å². The van der Waals surface area contributed by atoms with Crippen molar-refractivity contribution in [1.82, 2.24) is 4.90 Å². The van der Waals surface area contributed by atoms with Crippen LogP contribution < -0.4 is 13.8 Å². The third kappa shape index (κ3) is 4.39. The third-order valence-corrected chi connectivity index (χ3v) is 5.63. The number of ether oxygens (including phenoxy) is 1. The maximum absolute atomic E-state index is 12.5. The van der Waals surface area contributed by atoms with Gasteiger partial charge >= 0.3 is 16.1 Å². The van der Waals surface area contributed by atoms with E-state index in [0.717, 1.165) is 0 Å². The third-order valence-electron chi connectivity index (χ3n) is 4.36. The van der Waals surface area contributed by atoms with E-state index < -0.39 is 10.1 Å². The largest absolute Gasteiger partial charge is 0.497 e. The molecule has 150 valence electrons. The summed E-state index contributed by atoms with van der Waals surface area (Å²) in [6.07, 6.45) is 0. The van der Waals surface area contributed by atoms with E-state index in [1.807, 2.05) is 0 Å². The van der Waals surface area contributed by atoms with Crippen molar-refractivity contribution in [2.24, 2.45) is 5.92 Å². The van der Waals surface area contributed by atoms with Crippen molar-refractivity contribution in [3.63, 3.8) is 0 Å². The minimum absolute atomic E-state index is 0.0183. The molecule has 1 heterocycles. The number of hydrogen-bond acceptors (Lipinski definition) is 5. The van der Waals surface area contributed by atoms with Gasteiger partial charge in [0.15, 0.2) is 0 Å². The molecule has 0 bridgehead atoms. The standard InChI is InChI=1S/C20H24N2O5S/c1-15(2)14-21-11-12-22(20(21)23)16-7-9-19(10-8-16)28(24,25)27-18-6-4-5-17(13-18)26-3/h4-10,13,15H,11-12,14H2,1-3H3. The molecule has 28 heavy (non-hydrogen) atoms. The van der Waals surface area contributed by atoms with Crippen LogP contribution in [0.3, 0.4) is 0 Å². The first kappa shape index (κ1) is 20.0. The molecule has 1 aliphatic rings. The molecule has 0 aliphatic carbocycles. The molecule has 0 aromatic heterocycles. The van der Waals surface area contributed by atoms with Gasteiger partial charge < -0.3 is 13.8 Å². The first-order valence-electron chi connectivity index (χ1n) is 9.05. The minimum atomic E-state index is -3.99. The summed E-state index contributed by atoms with van der Waals surface area (Å²) in [5, 5.41) is 0. The van der Waals surface area contributed by atoms with Crippen LogP contribution in [0, 0.1) is 5.92 Å². The highest BCUT2D eigenvalue weighted by atomic mass is 32.2. The summed E-state index contributed by atoms with van der Waals surface area (Å²) in [5.74, 6) is 1.06. The Morgan fingerprint density at radius 2 is 1.71 bits per heavy atom. The Bertz CT molecular complexity index is 941. The number of amides is 2. The lowest BCUT2D eigenvalue weighted by molar-refractivity contribution is 0.215. The summed E-state index contributed by atoms with van der Waals surface area (Å²) in [5.41, 5.74) is 0.664. The van der Waals surface area contributed by atoms with Gasteiger partial charge in [-0.1, -0.05) is 19.9 Å². The first-order valence-corrected chi connectivity index (χ1v) is 10.5. The Balaban J connectivity index is 1.74. The van der Waals surface area contributed by atoms with Gasteiger partial charge in [-0.15, -0.1) is 0 Å². The van der Waals surface area contributed by atoms with Crippen molar-refractivity contribution in [3.05, 3.63) is 48.5 Å². The molecule has 1 saturated heterocycles. The zero-order chi connectivity index (χ0) is 20.3. The van der Waals surface area contributed by atoms with Gasteiger partial charge in [-0.3, -0.25) is 4.90 Å². The van der Waals surface area contributed by atoms with E-state index in [-0.39, 0.29) is 16.7 Å². The molecule has 2 amide bonds. The van der Waals surface area contributed by atoms with E-state index in [2.05, 4.69) is 13.8 Å². The number of benzene rings is 2.